The number of amides is 1. The molecular weight excluding hydrogens is 385 g/mol. The van der Waals surface area contributed by atoms with Gasteiger partial charge < -0.3 is 10.1 Å². The molecule has 0 spiro atoms. The number of nitriles is 1. The molecule has 0 atom stereocenters. The molecule has 7 heteroatoms. The number of carbonyl (C=O) groups is 1. The van der Waals surface area contributed by atoms with Gasteiger partial charge in [0, 0.05) is 16.9 Å². The molecule has 0 bridgehead atoms. The van der Waals surface area contributed by atoms with Gasteiger partial charge in [0.1, 0.15) is 17.4 Å². The number of aryl methyl sites for hydroxylation is 1. The molecule has 1 N–H and O–H groups in total. The van der Waals surface area contributed by atoms with Crippen molar-refractivity contribution in [2.75, 3.05) is 5.32 Å². The Hall–Kier alpha value is -3.07. The molecule has 0 aliphatic heterocycles. The minimum absolute atomic E-state index is 0.226. The molecule has 3 rings (SSSR count). The Bertz CT molecular complexity index is 1060. The lowest BCUT2D eigenvalue weighted by molar-refractivity contribution is 0.102. The highest BCUT2D eigenvalue weighted by Crippen LogP contribution is 2.28. The van der Waals surface area contributed by atoms with E-state index < -0.39 is 0 Å². The van der Waals surface area contributed by atoms with Gasteiger partial charge in [-0.3, -0.25) is 4.79 Å². The maximum atomic E-state index is 12.4. The maximum Gasteiger partial charge on any atom is 0.257 e. The third-order valence-corrected chi connectivity index (χ3v) is 4.28. The average Bonchev–Trinajstić information content (AvgIpc) is 2.64. The van der Waals surface area contributed by atoms with Gasteiger partial charge in [-0.15, -0.1) is 0 Å². The molecule has 0 saturated heterocycles. The smallest absolute Gasteiger partial charge is 0.257 e. The number of aromatic nitrogens is 1. The zero-order valence-electron chi connectivity index (χ0n) is 14.2. The number of rotatable bonds is 4. The zero-order chi connectivity index (χ0) is 19.4. The van der Waals surface area contributed by atoms with Crippen molar-refractivity contribution in [1.29, 1.82) is 5.26 Å². The van der Waals surface area contributed by atoms with Crippen molar-refractivity contribution in [1.82, 2.24) is 4.98 Å². The van der Waals surface area contributed by atoms with Gasteiger partial charge in [-0.25, -0.2) is 4.98 Å². The second kappa shape index (κ2) is 8.09. The molecule has 27 heavy (non-hydrogen) atoms. The first-order valence-corrected chi connectivity index (χ1v) is 8.63. The number of ether oxygens (including phenoxy) is 1. The lowest BCUT2D eigenvalue weighted by atomic mass is 10.1. The van der Waals surface area contributed by atoms with E-state index in [9.17, 15) is 4.79 Å². The first-order chi connectivity index (χ1) is 13.0. The number of anilines is 1. The summed E-state index contributed by atoms with van der Waals surface area (Å²) in [6.07, 6.45) is 1.55. The number of nitrogens with zero attached hydrogens (tertiary/aromatic N) is 2. The van der Waals surface area contributed by atoms with E-state index in [0.29, 0.717) is 27.6 Å². The summed E-state index contributed by atoms with van der Waals surface area (Å²) in [7, 11) is 0. The highest BCUT2D eigenvalue weighted by Gasteiger charge is 2.13. The third kappa shape index (κ3) is 4.37. The number of benzene rings is 2. The molecule has 3 aromatic rings. The molecule has 0 fully saturated rings. The fourth-order valence-corrected chi connectivity index (χ4v) is 2.87. The van der Waals surface area contributed by atoms with E-state index >= 15 is 0 Å². The molecule has 0 radical (unpaired) electrons. The summed E-state index contributed by atoms with van der Waals surface area (Å²) in [4.78, 5) is 16.5. The molecule has 0 unspecified atom stereocenters. The van der Waals surface area contributed by atoms with Gasteiger partial charge in [-0.05, 0) is 61.0 Å². The van der Waals surface area contributed by atoms with Crippen molar-refractivity contribution in [3.05, 3.63) is 81.5 Å². The van der Waals surface area contributed by atoms with E-state index in [1.165, 1.54) is 6.07 Å². The van der Waals surface area contributed by atoms with Crippen LogP contribution in [-0.2, 0) is 0 Å². The molecule has 1 heterocycles. The Morgan fingerprint density at radius 3 is 2.70 bits per heavy atom. The van der Waals surface area contributed by atoms with E-state index in [-0.39, 0.29) is 16.8 Å². The summed E-state index contributed by atoms with van der Waals surface area (Å²) in [6, 6.07) is 15.1. The van der Waals surface area contributed by atoms with Gasteiger partial charge in [0.05, 0.1) is 10.6 Å². The molecule has 134 valence electrons. The predicted molar refractivity (Wildman–Crippen MR) is 105 cm³/mol. The molecule has 0 aliphatic rings. The van der Waals surface area contributed by atoms with Crippen LogP contribution in [0, 0.1) is 18.3 Å². The van der Waals surface area contributed by atoms with Gasteiger partial charge in [0.15, 0.2) is 0 Å². The Morgan fingerprint density at radius 1 is 1.19 bits per heavy atom. The van der Waals surface area contributed by atoms with Gasteiger partial charge >= 0.3 is 0 Å². The fraction of sp³-hybridized carbons (Fsp3) is 0.0500. The number of pyridine rings is 1. The fourth-order valence-electron chi connectivity index (χ4n) is 2.37. The van der Waals surface area contributed by atoms with Crippen molar-refractivity contribution < 1.29 is 9.53 Å². The van der Waals surface area contributed by atoms with Crippen LogP contribution in [0.2, 0.25) is 10.0 Å². The average molecular weight is 398 g/mol. The first-order valence-electron chi connectivity index (χ1n) is 7.88. The molecule has 2 aromatic carbocycles. The van der Waals surface area contributed by atoms with Crippen LogP contribution in [-0.4, -0.2) is 10.9 Å². The van der Waals surface area contributed by atoms with Crippen molar-refractivity contribution >= 4 is 34.8 Å². The van der Waals surface area contributed by atoms with E-state index in [0.717, 1.165) is 5.56 Å². The van der Waals surface area contributed by atoms with Crippen LogP contribution in [0.25, 0.3) is 0 Å². The van der Waals surface area contributed by atoms with Gasteiger partial charge in [0.25, 0.3) is 5.91 Å². The van der Waals surface area contributed by atoms with Crippen molar-refractivity contribution in [2.24, 2.45) is 0 Å². The first kappa shape index (κ1) is 18.7. The van der Waals surface area contributed by atoms with E-state index in [1.807, 2.05) is 13.0 Å². The van der Waals surface area contributed by atoms with Gasteiger partial charge in [0.2, 0.25) is 5.88 Å². The normalized spacial score (nSPS) is 10.1. The second-order valence-electron chi connectivity index (χ2n) is 5.63. The number of hydrogen-bond donors (Lipinski definition) is 1. The summed E-state index contributed by atoms with van der Waals surface area (Å²) in [5.74, 6) is 0.388. The van der Waals surface area contributed by atoms with E-state index in [4.69, 9.17) is 33.2 Å². The molecule has 5 nitrogen and oxygen atoms in total. The summed E-state index contributed by atoms with van der Waals surface area (Å²) in [5.41, 5.74) is 2.05. The number of carbonyl (C=O) groups excluding carboxylic acids is 1. The minimum Gasteiger partial charge on any atom is -0.438 e. The van der Waals surface area contributed by atoms with Crippen LogP contribution in [0.5, 0.6) is 11.6 Å². The molecule has 0 saturated carbocycles. The SMILES string of the molecule is Cc1cc(Oc2ncccc2C#N)ccc1NC(=O)c1ccc(Cl)cc1Cl. The van der Waals surface area contributed by atoms with Crippen LogP contribution < -0.4 is 10.1 Å². The molecule has 1 amide bonds. The summed E-state index contributed by atoms with van der Waals surface area (Å²) in [5, 5.41) is 12.6. The van der Waals surface area contributed by atoms with Crippen molar-refractivity contribution in [3.8, 4) is 17.7 Å². The Kier molecular flexibility index (Phi) is 5.60. The molecule has 1 aromatic heterocycles. The monoisotopic (exact) mass is 397 g/mol. The Balaban J connectivity index is 1.79. The topological polar surface area (TPSA) is 75.0 Å². The largest absolute Gasteiger partial charge is 0.438 e. The van der Waals surface area contributed by atoms with Crippen molar-refractivity contribution in [2.45, 2.75) is 6.92 Å². The lowest BCUT2D eigenvalue weighted by Gasteiger charge is -2.12. The Morgan fingerprint density at radius 2 is 2.00 bits per heavy atom. The minimum atomic E-state index is -0.343. The second-order valence-corrected chi connectivity index (χ2v) is 6.47. The van der Waals surface area contributed by atoms with Crippen LogP contribution in [0.1, 0.15) is 21.5 Å². The third-order valence-electron chi connectivity index (χ3n) is 3.73. The summed E-state index contributed by atoms with van der Waals surface area (Å²) >= 11 is 11.9. The van der Waals surface area contributed by atoms with Gasteiger partial charge in [-0.1, -0.05) is 23.2 Å². The van der Waals surface area contributed by atoms with E-state index in [2.05, 4.69) is 10.3 Å². The standard InChI is InChI=1S/C20H13Cl2N3O2/c1-12-9-15(27-20-13(11-23)3-2-8-24-20)5-7-18(12)25-19(26)16-6-4-14(21)10-17(16)22/h2-10H,1H3,(H,25,26). The van der Waals surface area contributed by atoms with Crippen LogP contribution in [0.4, 0.5) is 5.69 Å². The molecule has 0 aliphatic carbocycles. The summed E-state index contributed by atoms with van der Waals surface area (Å²) in [6.45, 7) is 1.83. The quantitative estimate of drug-likeness (QED) is 0.620. The lowest BCUT2D eigenvalue weighted by Crippen LogP contribution is -2.13. The molecular formula is C20H13Cl2N3O2. The van der Waals surface area contributed by atoms with Crippen LogP contribution in [0.3, 0.4) is 0 Å². The van der Waals surface area contributed by atoms with E-state index in [1.54, 1.807) is 48.7 Å². The summed E-state index contributed by atoms with van der Waals surface area (Å²) < 4.78 is 5.68. The number of hydrogen-bond acceptors (Lipinski definition) is 4. The highest BCUT2D eigenvalue weighted by atomic mass is 35.5. The number of halogens is 2. The maximum absolute atomic E-state index is 12.4. The van der Waals surface area contributed by atoms with Crippen LogP contribution in [0.15, 0.2) is 54.7 Å². The van der Waals surface area contributed by atoms with Crippen LogP contribution >= 0.6 is 23.2 Å². The number of nitrogens with one attached hydrogen (secondary N) is 1. The highest BCUT2D eigenvalue weighted by molar-refractivity contribution is 6.37. The predicted octanol–water partition coefficient (Wildman–Crippen LogP) is 5.61. The zero-order valence-corrected chi connectivity index (χ0v) is 15.7. The van der Waals surface area contributed by atoms with Gasteiger partial charge in [-0.2, -0.15) is 5.26 Å². The Labute approximate surface area is 166 Å². The van der Waals surface area contributed by atoms with Crippen molar-refractivity contribution in [3.63, 3.8) is 0 Å².